The molecule has 2 heteroatoms. The summed E-state index contributed by atoms with van der Waals surface area (Å²) in [6.07, 6.45) is 8.84. The molecule has 0 radical (unpaired) electrons. The molecule has 0 aromatic rings. The summed E-state index contributed by atoms with van der Waals surface area (Å²) in [6, 6.07) is 0. The SMILES string of the molecule is [2H][C@]1(O)CC[C@@]2(C)C(=C[C@@]([2H])(O)[C@H]3[C@@H]4CC[C@H]([C@H](C)CC[C@@H](CC)C(C)C)[C@@]4(C)CC[C@@H]32)C1. The summed E-state index contributed by atoms with van der Waals surface area (Å²) in [5.41, 5.74) is 1.10. The number of fused-ring (bicyclic) bond motifs is 5. The van der Waals surface area contributed by atoms with E-state index < -0.39 is 12.2 Å². The molecule has 0 amide bonds. The van der Waals surface area contributed by atoms with Crippen molar-refractivity contribution in [1.82, 2.24) is 0 Å². The van der Waals surface area contributed by atoms with Gasteiger partial charge in [0.15, 0.2) is 0 Å². The maximum absolute atomic E-state index is 11.5. The summed E-state index contributed by atoms with van der Waals surface area (Å²) in [4.78, 5) is 0. The highest BCUT2D eigenvalue weighted by Gasteiger charge is 2.61. The summed E-state index contributed by atoms with van der Waals surface area (Å²) in [7, 11) is 0. The van der Waals surface area contributed by atoms with Gasteiger partial charge in [0.1, 0.15) is 0 Å². The number of hydrogen-bond donors (Lipinski definition) is 2. The highest BCUT2D eigenvalue weighted by Crippen LogP contribution is 2.67. The van der Waals surface area contributed by atoms with Crippen LogP contribution in [0, 0.1) is 52.3 Å². The monoisotopic (exact) mass is 432 g/mol. The van der Waals surface area contributed by atoms with Crippen molar-refractivity contribution in [3.63, 3.8) is 0 Å². The van der Waals surface area contributed by atoms with Crippen LogP contribution in [0.3, 0.4) is 0 Å². The zero-order valence-corrected chi connectivity index (χ0v) is 21.1. The molecular weight excluding hydrogens is 380 g/mol. The van der Waals surface area contributed by atoms with Gasteiger partial charge in [-0.2, -0.15) is 0 Å². The van der Waals surface area contributed by atoms with Crippen molar-refractivity contribution in [2.24, 2.45) is 52.3 Å². The number of rotatable bonds is 6. The second-order valence-corrected chi connectivity index (χ2v) is 12.7. The van der Waals surface area contributed by atoms with Crippen LogP contribution in [0.25, 0.3) is 0 Å². The Kier molecular flexibility index (Phi) is 6.01. The van der Waals surface area contributed by atoms with Crippen LogP contribution in [0.2, 0.25) is 0 Å². The van der Waals surface area contributed by atoms with Crippen molar-refractivity contribution in [3.05, 3.63) is 11.6 Å². The van der Waals surface area contributed by atoms with Crippen molar-refractivity contribution < 1.29 is 13.0 Å². The maximum atomic E-state index is 11.5. The Morgan fingerprint density at radius 3 is 2.45 bits per heavy atom. The van der Waals surface area contributed by atoms with Crippen LogP contribution in [0.5, 0.6) is 0 Å². The van der Waals surface area contributed by atoms with Crippen LogP contribution in [0.15, 0.2) is 11.6 Å². The quantitative estimate of drug-likeness (QED) is 0.444. The lowest BCUT2D eigenvalue weighted by molar-refractivity contribution is -0.0972. The Labute approximate surface area is 195 Å². The molecule has 0 saturated heterocycles. The molecule has 0 aromatic carbocycles. The second kappa shape index (κ2) is 8.79. The van der Waals surface area contributed by atoms with E-state index in [2.05, 4.69) is 41.5 Å². The number of hydrogen-bond acceptors (Lipinski definition) is 2. The topological polar surface area (TPSA) is 40.5 Å². The molecular formula is C29H50O2. The first-order chi connectivity index (χ1) is 15.2. The molecule has 0 aromatic heterocycles. The first kappa shape index (κ1) is 21.2. The fourth-order valence-corrected chi connectivity index (χ4v) is 8.92. The minimum atomic E-state index is -1.58. The molecule has 2 N–H and O–H groups in total. The normalized spacial score (nSPS) is 52.4. The van der Waals surface area contributed by atoms with Crippen LogP contribution in [-0.2, 0) is 0 Å². The Morgan fingerprint density at radius 2 is 1.77 bits per heavy atom. The van der Waals surface area contributed by atoms with E-state index in [1.807, 2.05) is 0 Å². The molecule has 3 saturated carbocycles. The second-order valence-electron chi connectivity index (χ2n) is 12.7. The zero-order chi connectivity index (χ0) is 24.4. The van der Waals surface area contributed by atoms with Gasteiger partial charge in [-0.25, -0.2) is 0 Å². The summed E-state index contributed by atoms with van der Waals surface area (Å²) in [5.74, 6) is 3.60. The summed E-state index contributed by atoms with van der Waals surface area (Å²) in [6.45, 7) is 14.3. The fraction of sp³-hybridized carbons (Fsp3) is 0.931. The van der Waals surface area contributed by atoms with Crippen molar-refractivity contribution in [2.75, 3.05) is 0 Å². The van der Waals surface area contributed by atoms with Gasteiger partial charge in [-0.3, -0.25) is 0 Å². The van der Waals surface area contributed by atoms with E-state index in [0.717, 1.165) is 36.7 Å². The van der Waals surface area contributed by atoms with Crippen LogP contribution in [-0.4, -0.2) is 22.4 Å². The molecule has 4 aliphatic rings. The molecule has 178 valence electrons. The van der Waals surface area contributed by atoms with Gasteiger partial charge in [-0.15, -0.1) is 0 Å². The van der Waals surface area contributed by atoms with Crippen LogP contribution < -0.4 is 0 Å². The van der Waals surface area contributed by atoms with Crippen LogP contribution in [0.1, 0.15) is 108 Å². The minimum Gasteiger partial charge on any atom is -0.393 e. The van der Waals surface area contributed by atoms with Crippen molar-refractivity contribution in [1.29, 1.82) is 0 Å². The molecule has 4 rings (SSSR count). The smallest absolute Gasteiger partial charge is 0.0757 e. The minimum absolute atomic E-state index is 0.0295. The third kappa shape index (κ3) is 3.96. The highest BCUT2D eigenvalue weighted by molar-refractivity contribution is 5.27. The largest absolute Gasteiger partial charge is 0.393 e. The zero-order valence-electron chi connectivity index (χ0n) is 23.1. The molecule has 0 aliphatic heterocycles. The lowest BCUT2D eigenvalue weighted by atomic mass is 9.46. The van der Waals surface area contributed by atoms with Gasteiger partial charge >= 0.3 is 0 Å². The standard InChI is InChI=1S/C29H50O2/c1-7-20(18(2)3)9-8-19(4)23-10-11-24-27-25(13-15-29(23,24)6)28(5)14-12-22(30)16-21(28)17-26(27)31/h17-20,22-27,30-31H,7-16H2,1-6H3/t19-,20-,22+,23-,24+,25+,26-,27+,28+,29-/m1/s1/i22D,26D. The Balaban J connectivity index is 1.57. The molecule has 0 spiro atoms. The molecule has 10 atom stereocenters. The fourth-order valence-electron chi connectivity index (χ4n) is 8.92. The first-order valence-electron chi connectivity index (χ1n) is 14.4. The van der Waals surface area contributed by atoms with E-state index in [-0.39, 0.29) is 29.1 Å². The molecule has 31 heavy (non-hydrogen) atoms. The predicted octanol–water partition coefficient (Wildman–Crippen LogP) is 7.00. The van der Waals surface area contributed by atoms with E-state index >= 15 is 0 Å². The predicted molar refractivity (Wildman–Crippen MR) is 130 cm³/mol. The first-order valence-corrected chi connectivity index (χ1v) is 13.4. The van der Waals surface area contributed by atoms with Gasteiger partial charge in [0.2, 0.25) is 0 Å². The van der Waals surface area contributed by atoms with Gasteiger partial charge in [-0.1, -0.05) is 66.0 Å². The van der Waals surface area contributed by atoms with Crippen LogP contribution >= 0.6 is 0 Å². The van der Waals surface area contributed by atoms with Crippen molar-refractivity contribution >= 4 is 0 Å². The average Bonchev–Trinajstić information content (AvgIpc) is 3.06. The van der Waals surface area contributed by atoms with Gasteiger partial charge < -0.3 is 10.2 Å². The van der Waals surface area contributed by atoms with Crippen LogP contribution in [0.4, 0.5) is 0 Å². The lowest BCUT2D eigenvalue weighted by Crippen LogP contribution is -2.54. The molecule has 0 bridgehead atoms. The Hall–Kier alpha value is -0.340. The van der Waals surface area contributed by atoms with E-state index in [9.17, 15) is 10.2 Å². The summed E-state index contributed by atoms with van der Waals surface area (Å²) in [5, 5.41) is 21.9. The molecule has 3 fully saturated rings. The molecule has 0 heterocycles. The molecule has 4 aliphatic carbocycles. The lowest BCUT2D eigenvalue weighted by Gasteiger charge is -2.59. The Bertz CT molecular complexity index is 759. The third-order valence-electron chi connectivity index (χ3n) is 11.0. The summed E-state index contributed by atoms with van der Waals surface area (Å²) < 4.78 is 17.2. The van der Waals surface area contributed by atoms with Gasteiger partial charge in [0.25, 0.3) is 0 Å². The van der Waals surface area contributed by atoms with E-state index in [4.69, 9.17) is 2.74 Å². The van der Waals surface area contributed by atoms with Crippen molar-refractivity contribution in [3.8, 4) is 0 Å². The van der Waals surface area contributed by atoms with Gasteiger partial charge in [-0.05, 0) is 104 Å². The summed E-state index contributed by atoms with van der Waals surface area (Å²) >= 11 is 0. The van der Waals surface area contributed by atoms with E-state index in [1.165, 1.54) is 32.1 Å². The third-order valence-corrected chi connectivity index (χ3v) is 11.0. The Morgan fingerprint density at radius 1 is 1.03 bits per heavy atom. The molecule has 2 nitrogen and oxygen atoms in total. The number of aliphatic hydroxyl groups is 2. The maximum Gasteiger partial charge on any atom is 0.0757 e. The van der Waals surface area contributed by atoms with Gasteiger partial charge in [0, 0.05) is 0 Å². The van der Waals surface area contributed by atoms with E-state index in [1.54, 1.807) is 6.08 Å². The van der Waals surface area contributed by atoms with Gasteiger partial charge in [0.05, 0.1) is 14.9 Å². The average molecular weight is 433 g/mol. The van der Waals surface area contributed by atoms with Crippen molar-refractivity contribution in [2.45, 2.75) is 118 Å². The van der Waals surface area contributed by atoms with E-state index in [0.29, 0.717) is 24.2 Å². The highest BCUT2D eigenvalue weighted by atomic mass is 16.3. The molecule has 0 unspecified atom stereocenters.